The number of benzene rings is 2. The molecule has 2 aromatic carbocycles. The van der Waals surface area contributed by atoms with Crippen molar-refractivity contribution < 1.29 is 27.8 Å². The molecule has 0 saturated carbocycles. The molecule has 1 heterocycles. The maximum Gasteiger partial charge on any atom is 0.405 e. The lowest BCUT2D eigenvalue weighted by Gasteiger charge is -2.61. The van der Waals surface area contributed by atoms with Crippen LogP contribution in [0.1, 0.15) is 52.2 Å². The summed E-state index contributed by atoms with van der Waals surface area (Å²) in [5, 5.41) is 12.5. The highest BCUT2D eigenvalue weighted by molar-refractivity contribution is 7.92. The van der Waals surface area contributed by atoms with Gasteiger partial charge in [-0.2, -0.15) is 0 Å². The van der Waals surface area contributed by atoms with Crippen LogP contribution < -0.4 is 14.8 Å². The molecule has 3 rings (SSSR count). The zero-order valence-corrected chi connectivity index (χ0v) is 22.3. The van der Waals surface area contributed by atoms with Crippen LogP contribution in [0.2, 0.25) is 0 Å². The lowest BCUT2D eigenvalue weighted by Crippen LogP contribution is -2.73. The van der Waals surface area contributed by atoms with E-state index < -0.39 is 38.3 Å². The molecule has 0 spiro atoms. The van der Waals surface area contributed by atoms with Gasteiger partial charge in [0, 0.05) is 24.1 Å². The van der Waals surface area contributed by atoms with Gasteiger partial charge in [-0.25, -0.2) is 13.2 Å². The van der Waals surface area contributed by atoms with E-state index in [9.17, 15) is 18.3 Å². The standard InChI is InChI=1S/C26H36N2O6S/c1-23(2,3)26(34-22(27)29)20-14-13-19(28(6)35(7,31)32)17-21(20)33-24(4,5)25(26,30)16-15-18-11-9-8-10-12-18/h8-14,17,30H,15-16H2,1-7H3,(H2,27,29)/t25-,26-/m1/s1. The maximum atomic E-state index is 12.5. The Bertz CT molecular complexity index is 1210. The third-order valence-electron chi connectivity index (χ3n) is 7.08. The minimum Gasteiger partial charge on any atom is -0.484 e. The molecule has 0 radical (unpaired) electrons. The van der Waals surface area contributed by atoms with Gasteiger partial charge in [0.15, 0.2) is 5.60 Å². The first-order chi connectivity index (χ1) is 16.0. The number of amides is 1. The molecular weight excluding hydrogens is 468 g/mol. The Labute approximate surface area is 208 Å². The van der Waals surface area contributed by atoms with E-state index in [2.05, 4.69) is 0 Å². The van der Waals surface area contributed by atoms with Crippen LogP contribution in [0.4, 0.5) is 10.5 Å². The smallest absolute Gasteiger partial charge is 0.405 e. The normalized spacial score (nSPS) is 23.7. The fourth-order valence-corrected chi connectivity index (χ4v) is 5.69. The number of sulfonamides is 1. The van der Waals surface area contributed by atoms with Crippen LogP contribution in [-0.2, 0) is 26.8 Å². The van der Waals surface area contributed by atoms with Gasteiger partial charge >= 0.3 is 6.09 Å². The van der Waals surface area contributed by atoms with E-state index in [1.165, 1.54) is 7.05 Å². The van der Waals surface area contributed by atoms with E-state index in [0.717, 1.165) is 16.1 Å². The first kappa shape index (κ1) is 26.8. The van der Waals surface area contributed by atoms with Gasteiger partial charge in [0.05, 0.1) is 11.9 Å². The number of anilines is 1. The van der Waals surface area contributed by atoms with Crippen molar-refractivity contribution in [2.24, 2.45) is 11.1 Å². The zero-order chi connectivity index (χ0) is 26.4. The Morgan fingerprint density at radius 3 is 2.26 bits per heavy atom. The Morgan fingerprint density at radius 2 is 1.74 bits per heavy atom. The van der Waals surface area contributed by atoms with Gasteiger partial charge in [-0.05, 0) is 44.4 Å². The quantitative estimate of drug-likeness (QED) is 0.615. The Hall–Kier alpha value is -2.78. The summed E-state index contributed by atoms with van der Waals surface area (Å²) >= 11 is 0. The molecule has 1 aliphatic rings. The monoisotopic (exact) mass is 504 g/mol. The third kappa shape index (κ3) is 4.47. The highest BCUT2D eigenvalue weighted by atomic mass is 32.2. The van der Waals surface area contributed by atoms with Gasteiger partial charge in [0.25, 0.3) is 0 Å². The van der Waals surface area contributed by atoms with E-state index in [0.29, 0.717) is 23.4 Å². The summed E-state index contributed by atoms with van der Waals surface area (Å²) in [5.41, 5.74) is 2.01. The number of carbonyl (C=O) groups is 1. The number of nitrogens with zero attached hydrogens (tertiary/aromatic N) is 1. The minimum atomic E-state index is -3.53. The van der Waals surface area contributed by atoms with Crippen molar-refractivity contribution >= 4 is 21.8 Å². The first-order valence-electron chi connectivity index (χ1n) is 11.5. The molecular formula is C26H36N2O6S. The second-order valence-corrected chi connectivity index (χ2v) is 12.7. The SMILES string of the molecule is CN(c1ccc2c(c1)OC(C)(C)[C@](O)(CCc1ccccc1)[C@]2(OC(N)=O)C(C)(C)C)S(C)(=O)=O. The van der Waals surface area contributed by atoms with Gasteiger partial charge in [0.1, 0.15) is 17.0 Å². The fourth-order valence-electron chi connectivity index (χ4n) is 5.19. The number of aliphatic hydroxyl groups is 1. The third-order valence-corrected chi connectivity index (χ3v) is 8.28. The first-order valence-corrected chi connectivity index (χ1v) is 13.3. The summed E-state index contributed by atoms with van der Waals surface area (Å²) in [4.78, 5) is 12.4. The van der Waals surface area contributed by atoms with Gasteiger partial charge in [-0.3, -0.25) is 4.31 Å². The van der Waals surface area contributed by atoms with Crippen molar-refractivity contribution in [1.82, 2.24) is 0 Å². The Morgan fingerprint density at radius 1 is 1.14 bits per heavy atom. The predicted octanol–water partition coefficient (Wildman–Crippen LogP) is 3.95. The average molecular weight is 505 g/mol. The summed E-state index contributed by atoms with van der Waals surface area (Å²) in [6.07, 6.45) is 0.779. The number of carbonyl (C=O) groups excluding carboxylic acids is 1. The molecule has 9 heteroatoms. The molecule has 0 aliphatic carbocycles. The highest BCUT2D eigenvalue weighted by Gasteiger charge is 2.71. The molecule has 2 aromatic rings. The molecule has 2 atom stereocenters. The Balaban J connectivity index is 2.29. The maximum absolute atomic E-state index is 12.5. The Kier molecular flexibility index (Phi) is 6.67. The largest absolute Gasteiger partial charge is 0.484 e. The number of primary amides is 1. The van der Waals surface area contributed by atoms with Crippen molar-refractivity contribution in [2.45, 2.75) is 64.3 Å². The second-order valence-electron chi connectivity index (χ2n) is 10.7. The summed E-state index contributed by atoms with van der Waals surface area (Å²) in [6.45, 7) is 9.07. The summed E-state index contributed by atoms with van der Waals surface area (Å²) in [6, 6.07) is 14.5. The fraction of sp³-hybridized carbons (Fsp3) is 0.500. The van der Waals surface area contributed by atoms with Crippen molar-refractivity contribution in [1.29, 1.82) is 0 Å². The number of aryl methyl sites for hydroxylation is 1. The van der Waals surface area contributed by atoms with Crippen LogP contribution >= 0.6 is 0 Å². The number of hydrogen-bond acceptors (Lipinski definition) is 6. The van der Waals surface area contributed by atoms with Crippen molar-refractivity contribution in [3.63, 3.8) is 0 Å². The minimum absolute atomic E-state index is 0.207. The van der Waals surface area contributed by atoms with Crippen LogP contribution in [0.15, 0.2) is 48.5 Å². The summed E-state index contributed by atoms with van der Waals surface area (Å²) in [7, 11) is -2.08. The number of hydrogen-bond donors (Lipinski definition) is 2. The second kappa shape index (κ2) is 8.71. The number of rotatable bonds is 6. The van der Waals surface area contributed by atoms with Gasteiger partial charge in [0.2, 0.25) is 10.0 Å². The molecule has 0 fully saturated rings. The number of fused-ring (bicyclic) bond motifs is 1. The van der Waals surface area contributed by atoms with Gasteiger partial charge in [-0.15, -0.1) is 0 Å². The van der Waals surface area contributed by atoms with Crippen LogP contribution in [0.25, 0.3) is 0 Å². The summed E-state index contributed by atoms with van der Waals surface area (Å²) < 4.78 is 37.7. The molecule has 0 saturated heterocycles. The van der Waals surface area contributed by atoms with E-state index >= 15 is 0 Å². The lowest BCUT2D eigenvalue weighted by molar-refractivity contribution is -0.281. The van der Waals surface area contributed by atoms with Crippen LogP contribution in [0.3, 0.4) is 0 Å². The van der Waals surface area contributed by atoms with Crippen molar-refractivity contribution in [3.05, 3.63) is 59.7 Å². The zero-order valence-electron chi connectivity index (χ0n) is 21.5. The lowest BCUT2D eigenvalue weighted by atomic mass is 9.55. The molecule has 1 aliphatic heterocycles. The van der Waals surface area contributed by atoms with Crippen LogP contribution in [0, 0.1) is 5.41 Å². The van der Waals surface area contributed by atoms with E-state index in [-0.39, 0.29) is 6.42 Å². The number of ether oxygens (including phenoxy) is 2. The summed E-state index contributed by atoms with van der Waals surface area (Å²) in [5.74, 6) is 0.309. The molecule has 1 amide bonds. The highest BCUT2D eigenvalue weighted by Crippen LogP contribution is 2.61. The molecule has 0 bridgehead atoms. The molecule has 3 N–H and O–H groups in total. The molecule has 0 aromatic heterocycles. The average Bonchev–Trinajstić information content (AvgIpc) is 2.73. The van der Waals surface area contributed by atoms with Crippen LogP contribution in [-0.4, -0.2) is 44.1 Å². The van der Waals surface area contributed by atoms with E-state index in [1.54, 1.807) is 32.0 Å². The van der Waals surface area contributed by atoms with Crippen molar-refractivity contribution in [2.75, 3.05) is 17.6 Å². The van der Waals surface area contributed by atoms with E-state index in [4.69, 9.17) is 15.2 Å². The van der Waals surface area contributed by atoms with Gasteiger partial charge < -0.3 is 20.3 Å². The number of nitrogens with two attached hydrogens (primary N) is 1. The molecule has 35 heavy (non-hydrogen) atoms. The molecule has 192 valence electrons. The van der Waals surface area contributed by atoms with Crippen molar-refractivity contribution in [3.8, 4) is 5.75 Å². The predicted molar refractivity (Wildman–Crippen MR) is 136 cm³/mol. The van der Waals surface area contributed by atoms with Gasteiger partial charge in [-0.1, -0.05) is 51.1 Å². The molecule has 8 nitrogen and oxygen atoms in total. The van der Waals surface area contributed by atoms with E-state index in [1.807, 2.05) is 51.1 Å². The topological polar surface area (TPSA) is 119 Å². The molecule has 0 unspecified atom stereocenters. The van der Waals surface area contributed by atoms with Crippen LogP contribution in [0.5, 0.6) is 5.75 Å².